The predicted octanol–water partition coefficient (Wildman–Crippen LogP) is 1.40. The van der Waals surface area contributed by atoms with Gasteiger partial charge in [0.15, 0.2) is 0 Å². The van der Waals surface area contributed by atoms with Crippen molar-refractivity contribution < 1.29 is 9.90 Å². The summed E-state index contributed by atoms with van der Waals surface area (Å²) in [6.07, 6.45) is 3.69. The molecule has 0 aromatic heterocycles. The monoisotopic (exact) mass is 171 g/mol. The molecule has 0 aromatic rings. The molecule has 0 amide bonds. The van der Waals surface area contributed by atoms with Crippen molar-refractivity contribution in [2.75, 3.05) is 0 Å². The van der Waals surface area contributed by atoms with E-state index in [1.165, 1.54) is 0 Å². The van der Waals surface area contributed by atoms with Crippen LogP contribution >= 0.6 is 0 Å². The minimum absolute atomic E-state index is 0.231. The van der Waals surface area contributed by atoms with Crippen LogP contribution in [0.2, 0.25) is 0 Å². The zero-order chi connectivity index (χ0) is 9.56. The van der Waals surface area contributed by atoms with Gasteiger partial charge >= 0.3 is 5.97 Å². The van der Waals surface area contributed by atoms with Gasteiger partial charge in [-0.05, 0) is 26.7 Å². The molecule has 0 rings (SSSR count). The Morgan fingerprint density at radius 3 is 2.67 bits per heavy atom. The maximum Gasteiger partial charge on any atom is 0.320 e. The van der Waals surface area contributed by atoms with Gasteiger partial charge in [0.1, 0.15) is 6.04 Å². The average molecular weight is 171 g/mol. The largest absolute Gasteiger partial charge is 0.480 e. The summed E-state index contributed by atoms with van der Waals surface area (Å²) in [5, 5.41) is 11.5. The zero-order valence-electron chi connectivity index (χ0n) is 7.71. The molecule has 0 heterocycles. The van der Waals surface area contributed by atoms with Gasteiger partial charge in [0.2, 0.25) is 0 Å². The Bertz CT molecular complexity index is 157. The minimum Gasteiger partial charge on any atom is -0.480 e. The maximum absolute atomic E-state index is 10.4. The molecular weight excluding hydrogens is 154 g/mol. The predicted molar refractivity (Wildman–Crippen MR) is 49.1 cm³/mol. The molecule has 0 saturated heterocycles. The lowest BCUT2D eigenvalue weighted by atomic mass is 10.1. The van der Waals surface area contributed by atoms with E-state index in [4.69, 9.17) is 5.11 Å². The van der Waals surface area contributed by atoms with Crippen LogP contribution in [0.3, 0.4) is 0 Å². The van der Waals surface area contributed by atoms with Crippen LogP contribution in [0, 0.1) is 0 Å². The van der Waals surface area contributed by atoms with E-state index in [2.05, 4.69) is 11.9 Å². The molecule has 0 radical (unpaired) electrons. The highest BCUT2D eigenvalue weighted by Crippen LogP contribution is 1.98. The van der Waals surface area contributed by atoms with E-state index in [1.807, 2.05) is 13.0 Å². The van der Waals surface area contributed by atoms with Crippen LogP contribution in [0.15, 0.2) is 12.7 Å². The second kappa shape index (κ2) is 5.77. The van der Waals surface area contributed by atoms with Crippen molar-refractivity contribution in [3.63, 3.8) is 0 Å². The molecule has 0 saturated carbocycles. The van der Waals surface area contributed by atoms with E-state index in [9.17, 15) is 4.79 Å². The third kappa shape index (κ3) is 4.91. The van der Waals surface area contributed by atoms with Gasteiger partial charge in [-0.1, -0.05) is 6.08 Å². The van der Waals surface area contributed by atoms with Crippen LogP contribution in [0.5, 0.6) is 0 Å². The van der Waals surface area contributed by atoms with E-state index in [-0.39, 0.29) is 6.04 Å². The Morgan fingerprint density at radius 2 is 2.25 bits per heavy atom. The van der Waals surface area contributed by atoms with Crippen molar-refractivity contribution in [2.45, 2.75) is 38.8 Å². The van der Waals surface area contributed by atoms with Gasteiger partial charge in [-0.25, -0.2) is 0 Å². The van der Waals surface area contributed by atoms with Crippen molar-refractivity contribution in [3.8, 4) is 0 Å². The van der Waals surface area contributed by atoms with Crippen LogP contribution < -0.4 is 5.32 Å². The normalized spacial score (nSPS) is 15.2. The summed E-state index contributed by atoms with van der Waals surface area (Å²) in [5.41, 5.74) is 0. The Kier molecular flexibility index (Phi) is 5.37. The zero-order valence-corrected chi connectivity index (χ0v) is 7.71. The number of allylic oxidation sites excluding steroid dienone is 1. The minimum atomic E-state index is -0.805. The van der Waals surface area contributed by atoms with Crippen LogP contribution in [-0.2, 0) is 4.79 Å². The van der Waals surface area contributed by atoms with E-state index in [0.29, 0.717) is 0 Å². The molecule has 0 bridgehead atoms. The summed E-state index contributed by atoms with van der Waals surface area (Å²) in [6.45, 7) is 7.22. The first-order valence-corrected chi connectivity index (χ1v) is 4.17. The molecule has 2 atom stereocenters. The van der Waals surface area contributed by atoms with Gasteiger partial charge in [0, 0.05) is 6.04 Å². The highest BCUT2D eigenvalue weighted by molar-refractivity contribution is 5.72. The van der Waals surface area contributed by atoms with Gasteiger partial charge in [0.05, 0.1) is 0 Å². The van der Waals surface area contributed by atoms with Crippen molar-refractivity contribution in [3.05, 3.63) is 12.7 Å². The Labute approximate surface area is 73.5 Å². The van der Waals surface area contributed by atoms with Gasteiger partial charge < -0.3 is 10.4 Å². The molecule has 0 aliphatic carbocycles. The van der Waals surface area contributed by atoms with E-state index < -0.39 is 12.0 Å². The van der Waals surface area contributed by atoms with Crippen molar-refractivity contribution in [1.82, 2.24) is 5.32 Å². The summed E-state index contributed by atoms with van der Waals surface area (Å²) in [5.74, 6) is -0.805. The van der Waals surface area contributed by atoms with Crippen molar-refractivity contribution in [2.24, 2.45) is 0 Å². The molecule has 0 aromatic carbocycles. The SMILES string of the molecule is C=CCCC(C)N[C@@H](C)C(=O)O. The lowest BCUT2D eigenvalue weighted by Gasteiger charge is -2.15. The summed E-state index contributed by atoms with van der Waals surface area (Å²) in [4.78, 5) is 10.4. The van der Waals surface area contributed by atoms with Gasteiger partial charge in [-0.15, -0.1) is 6.58 Å². The van der Waals surface area contributed by atoms with Crippen LogP contribution in [0.4, 0.5) is 0 Å². The van der Waals surface area contributed by atoms with Crippen LogP contribution in [0.1, 0.15) is 26.7 Å². The number of carboxylic acids is 1. The smallest absolute Gasteiger partial charge is 0.320 e. The topological polar surface area (TPSA) is 49.3 Å². The fourth-order valence-corrected chi connectivity index (χ4v) is 0.949. The molecule has 12 heavy (non-hydrogen) atoms. The maximum atomic E-state index is 10.4. The number of rotatable bonds is 6. The molecule has 1 unspecified atom stereocenters. The molecule has 3 nitrogen and oxygen atoms in total. The first-order chi connectivity index (χ1) is 5.57. The summed E-state index contributed by atoms with van der Waals surface area (Å²) < 4.78 is 0. The number of hydrogen-bond acceptors (Lipinski definition) is 2. The third-order valence-corrected chi connectivity index (χ3v) is 1.71. The Balaban J connectivity index is 3.60. The standard InChI is InChI=1S/C9H17NO2/c1-4-5-6-7(2)10-8(3)9(11)12/h4,7-8,10H,1,5-6H2,2-3H3,(H,11,12)/t7?,8-/m0/s1. The molecule has 0 spiro atoms. The first kappa shape index (κ1) is 11.2. The van der Waals surface area contributed by atoms with Crippen LogP contribution in [-0.4, -0.2) is 23.2 Å². The summed E-state index contributed by atoms with van der Waals surface area (Å²) >= 11 is 0. The number of carboxylic acid groups (broad SMARTS) is 1. The molecule has 0 aliphatic rings. The molecule has 3 heteroatoms. The molecule has 2 N–H and O–H groups in total. The summed E-state index contributed by atoms with van der Waals surface area (Å²) in [7, 11) is 0. The lowest BCUT2D eigenvalue weighted by molar-refractivity contribution is -0.139. The number of aliphatic carboxylic acids is 1. The number of hydrogen-bond donors (Lipinski definition) is 2. The lowest BCUT2D eigenvalue weighted by Crippen LogP contribution is -2.39. The highest BCUT2D eigenvalue weighted by atomic mass is 16.4. The average Bonchev–Trinajstić information content (AvgIpc) is 2.00. The van der Waals surface area contributed by atoms with Crippen molar-refractivity contribution >= 4 is 5.97 Å². The van der Waals surface area contributed by atoms with Crippen molar-refractivity contribution in [1.29, 1.82) is 0 Å². The van der Waals surface area contributed by atoms with Crippen LogP contribution in [0.25, 0.3) is 0 Å². The molecule has 0 fully saturated rings. The van der Waals surface area contributed by atoms with E-state index in [1.54, 1.807) is 6.92 Å². The fraction of sp³-hybridized carbons (Fsp3) is 0.667. The fourth-order valence-electron chi connectivity index (χ4n) is 0.949. The van der Waals surface area contributed by atoms with E-state index >= 15 is 0 Å². The first-order valence-electron chi connectivity index (χ1n) is 4.17. The Hall–Kier alpha value is -0.830. The molecular formula is C9H17NO2. The van der Waals surface area contributed by atoms with Gasteiger partial charge in [-0.2, -0.15) is 0 Å². The summed E-state index contributed by atoms with van der Waals surface area (Å²) in [6, 6.07) is -0.237. The highest BCUT2D eigenvalue weighted by Gasteiger charge is 2.12. The molecule has 70 valence electrons. The Morgan fingerprint density at radius 1 is 1.67 bits per heavy atom. The van der Waals surface area contributed by atoms with Gasteiger partial charge in [0.25, 0.3) is 0 Å². The van der Waals surface area contributed by atoms with E-state index in [0.717, 1.165) is 12.8 Å². The second-order valence-electron chi connectivity index (χ2n) is 2.99. The third-order valence-electron chi connectivity index (χ3n) is 1.71. The quantitative estimate of drug-likeness (QED) is 0.594. The number of carbonyl (C=O) groups is 1. The molecule has 0 aliphatic heterocycles. The number of nitrogens with one attached hydrogen (secondary N) is 1. The second-order valence-corrected chi connectivity index (χ2v) is 2.99. The van der Waals surface area contributed by atoms with Gasteiger partial charge in [-0.3, -0.25) is 4.79 Å².